The molecule has 2 heterocycles. The first-order chi connectivity index (χ1) is 10.8. The third-order valence-electron chi connectivity index (χ3n) is 3.59. The standard InChI is InChI=1S/C18H13N3O/c1-12-9-10-16(19-11-12)17-20-18(22-21-17)15-8-4-6-13-5-2-3-7-14(13)15/h2-11H,1H3. The van der Waals surface area contributed by atoms with E-state index in [1.165, 1.54) is 0 Å². The van der Waals surface area contributed by atoms with E-state index in [9.17, 15) is 0 Å². The monoisotopic (exact) mass is 287 g/mol. The van der Waals surface area contributed by atoms with E-state index in [2.05, 4.69) is 33.3 Å². The maximum Gasteiger partial charge on any atom is 0.258 e. The van der Waals surface area contributed by atoms with E-state index in [1.807, 2.05) is 43.3 Å². The van der Waals surface area contributed by atoms with Crippen LogP contribution in [0, 0.1) is 6.92 Å². The van der Waals surface area contributed by atoms with Gasteiger partial charge in [-0.2, -0.15) is 4.98 Å². The molecule has 2 aromatic heterocycles. The van der Waals surface area contributed by atoms with Gasteiger partial charge in [0.15, 0.2) is 0 Å². The molecular weight excluding hydrogens is 274 g/mol. The molecule has 22 heavy (non-hydrogen) atoms. The van der Waals surface area contributed by atoms with E-state index in [4.69, 9.17) is 4.52 Å². The number of hydrogen-bond acceptors (Lipinski definition) is 4. The third kappa shape index (κ3) is 2.15. The molecule has 0 amide bonds. The van der Waals surface area contributed by atoms with Gasteiger partial charge in [0.05, 0.1) is 0 Å². The number of benzene rings is 2. The maximum absolute atomic E-state index is 5.44. The van der Waals surface area contributed by atoms with Crippen molar-refractivity contribution in [3.63, 3.8) is 0 Å². The van der Waals surface area contributed by atoms with Crippen LogP contribution in [0.15, 0.2) is 65.3 Å². The largest absolute Gasteiger partial charge is 0.334 e. The Balaban J connectivity index is 1.82. The quantitative estimate of drug-likeness (QED) is 0.552. The number of aromatic nitrogens is 3. The molecule has 0 saturated carbocycles. The molecule has 4 aromatic rings. The van der Waals surface area contributed by atoms with Crippen LogP contribution >= 0.6 is 0 Å². The molecule has 0 aliphatic carbocycles. The lowest BCUT2D eigenvalue weighted by Crippen LogP contribution is -1.86. The summed E-state index contributed by atoms with van der Waals surface area (Å²) in [6, 6.07) is 18.1. The molecule has 0 saturated heterocycles. The summed E-state index contributed by atoms with van der Waals surface area (Å²) in [4.78, 5) is 8.82. The Morgan fingerprint density at radius 2 is 1.77 bits per heavy atom. The van der Waals surface area contributed by atoms with Crippen LogP contribution in [0.1, 0.15) is 5.56 Å². The molecule has 106 valence electrons. The van der Waals surface area contributed by atoms with Gasteiger partial charge in [-0.3, -0.25) is 4.98 Å². The van der Waals surface area contributed by atoms with Crippen LogP contribution in [-0.4, -0.2) is 15.1 Å². The topological polar surface area (TPSA) is 51.8 Å². The molecular formula is C18H13N3O. The van der Waals surface area contributed by atoms with Gasteiger partial charge in [-0.1, -0.05) is 47.6 Å². The van der Waals surface area contributed by atoms with Gasteiger partial charge in [0.1, 0.15) is 5.69 Å². The summed E-state index contributed by atoms with van der Waals surface area (Å²) < 4.78 is 5.44. The van der Waals surface area contributed by atoms with E-state index in [0.717, 1.165) is 21.9 Å². The zero-order chi connectivity index (χ0) is 14.9. The lowest BCUT2D eigenvalue weighted by Gasteiger charge is -2.01. The minimum absolute atomic E-state index is 0.503. The second-order valence-electron chi connectivity index (χ2n) is 5.17. The van der Waals surface area contributed by atoms with E-state index < -0.39 is 0 Å². The van der Waals surface area contributed by atoms with Gasteiger partial charge in [-0.05, 0) is 35.4 Å². The number of aryl methyl sites for hydroxylation is 1. The van der Waals surface area contributed by atoms with Gasteiger partial charge in [0.2, 0.25) is 5.82 Å². The molecule has 2 aromatic carbocycles. The third-order valence-corrected chi connectivity index (χ3v) is 3.59. The summed E-state index contributed by atoms with van der Waals surface area (Å²) in [5, 5.41) is 6.29. The molecule has 0 spiro atoms. The second-order valence-corrected chi connectivity index (χ2v) is 5.17. The predicted octanol–water partition coefficient (Wildman–Crippen LogP) is 4.26. The van der Waals surface area contributed by atoms with Crippen molar-refractivity contribution in [2.45, 2.75) is 6.92 Å². The molecule has 0 unspecified atom stereocenters. The van der Waals surface area contributed by atoms with Crippen LogP contribution in [0.5, 0.6) is 0 Å². The smallest absolute Gasteiger partial charge is 0.258 e. The number of nitrogens with zero attached hydrogens (tertiary/aromatic N) is 3. The zero-order valence-electron chi connectivity index (χ0n) is 12.0. The first-order valence-corrected chi connectivity index (χ1v) is 7.06. The number of rotatable bonds is 2. The average molecular weight is 287 g/mol. The molecule has 0 fully saturated rings. The van der Waals surface area contributed by atoms with Crippen LogP contribution in [0.4, 0.5) is 0 Å². The zero-order valence-corrected chi connectivity index (χ0v) is 12.0. The summed E-state index contributed by atoms with van der Waals surface area (Å²) in [5.41, 5.74) is 2.74. The van der Waals surface area contributed by atoms with Crippen molar-refractivity contribution in [2.24, 2.45) is 0 Å². The first kappa shape index (κ1) is 12.7. The van der Waals surface area contributed by atoms with E-state index in [1.54, 1.807) is 6.20 Å². The van der Waals surface area contributed by atoms with Crippen LogP contribution < -0.4 is 0 Å². The molecule has 4 nitrogen and oxygen atoms in total. The normalized spacial score (nSPS) is 11.0. The summed E-state index contributed by atoms with van der Waals surface area (Å²) in [5.74, 6) is 1.01. The van der Waals surface area contributed by atoms with Gasteiger partial charge < -0.3 is 4.52 Å². The highest BCUT2D eigenvalue weighted by molar-refractivity contribution is 5.94. The molecule has 4 heteroatoms. The fourth-order valence-corrected chi connectivity index (χ4v) is 2.45. The number of hydrogen-bond donors (Lipinski definition) is 0. The molecule has 0 radical (unpaired) electrons. The van der Waals surface area contributed by atoms with Crippen LogP contribution in [0.25, 0.3) is 33.7 Å². The molecule has 0 aliphatic rings. The van der Waals surface area contributed by atoms with Crippen molar-refractivity contribution in [1.82, 2.24) is 15.1 Å². The predicted molar refractivity (Wildman–Crippen MR) is 85.2 cm³/mol. The minimum Gasteiger partial charge on any atom is -0.334 e. The first-order valence-electron chi connectivity index (χ1n) is 7.06. The fraction of sp³-hybridized carbons (Fsp3) is 0.0556. The average Bonchev–Trinajstić information content (AvgIpc) is 3.05. The summed E-state index contributed by atoms with van der Waals surface area (Å²) in [6.07, 6.45) is 1.79. The summed E-state index contributed by atoms with van der Waals surface area (Å²) in [6.45, 7) is 1.99. The molecule has 0 N–H and O–H groups in total. The summed E-state index contributed by atoms with van der Waals surface area (Å²) in [7, 11) is 0. The molecule has 0 aliphatic heterocycles. The van der Waals surface area contributed by atoms with Crippen molar-refractivity contribution in [1.29, 1.82) is 0 Å². The Kier molecular flexibility index (Phi) is 2.93. The van der Waals surface area contributed by atoms with E-state index in [-0.39, 0.29) is 0 Å². The SMILES string of the molecule is Cc1ccc(-c2noc(-c3cccc4ccccc34)n2)nc1. The lowest BCUT2D eigenvalue weighted by atomic mass is 10.0. The van der Waals surface area contributed by atoms with Crippen molar-refractivity contribution in [3.05, 3.63) is 66.4 Å². The number of pyridine rings is 1. The van der Waals surface area contributed by atoms with Gasteiger partial charge in [-0.25, -0.2) is 0 Å². The summed E-state index contributed by atoms with van der Waals surface area (Å²) >= 11 is 0. The Morgan fingerprint density at radius 1 is 0.909 bits per heavy atom. The van der Waals surface area contributed by atoms with E-state index in [0.29, 0.717) is 17.4 Å². The molecule has 0 bridgehead atoms. The number of fused-ring (bicyclic) bond motifs is 1. The van der Waals surface area contributed by atoms with Crippen molar-refractivity contribution < 1.29 is 4.52 Å². The Labute approximate surface area is 127 Å². The second kappa shape index (κ2) is 5.07. The Hall–Kier alpha value is -3.01. The van der Waals surface area contributed by atoms with Crippen molar-refractivity contribution >= 4 is 10.8 Å². The molecule has 4 rings (SSSR count). The van der Waals surface area contributed by atoms with Crippen LogP contribution in [-0.2, 0) is 0 Å². The van der Waals surface area contributed by atoms with Crippen LogP contribution in [0.2, 0.25) is 0 Å². The highest BCUT2D eigenvalue weighted by Crippen LogP contribution is 2.28. The lowest BCUT2D eigenvalue weighted by molar-refractivity contribution is 0.432. The van der Waals surface area contributed by atoms with Crippen molar-refractivity contribution in [2.75, 3.05) is 0 Å². The van der Waals surface area contributed by atoms with E-state index >= 15 is 0 Å². The maximum atomic E-state index is 5.44. The van der Waals surface area contributed by atoms with Crippen molar-refractivity contribution in [3.8, 4) is 23.0 Å². The Morgan fingerprint density at radius 3 is 2.64 bits per heavy atom. The Bertz CT molecular complexity index is 937. The van der Waals surface area contributed by atoms with Gasteiger partial charge >= 0.3 is 0 Å². The van der Waals surface area contributed by atoms with Gasteiger partial charge in [-0.15, -0.1) is 0 Å². The molecule has 0 atom stereocenters. The highest BCUT2D eigenvalue weighted by Gasteiger charge is 2.13. The van der Waals surface area contributed by atoms with Gasteiger partial charge in [0, 0.05) is 11.8 Å². The minimum atomic E-state index is 0.503. The van der Waals surface area contributed by atoms with Gasteiger partial charge in [0.25, 0.3) is 5.89 Å². The van der Waals surface area contributed by atoms with Crippen LogP contribution in [0.3, 0.4) is 0 Å². The highest BCUT2D eigenvalue weighted by atomic mass is 16.5. The fourth-order valence-electron chi connectivity index (χ4n) is 2.45.